The fourth-order valence-electron chi connectivity index (χ4n) is 3.73. The van der Waals surface area contributed by atoms with Gasteiger partial charge in [0.25, 0.3) is 5.91 Å². The molecule has 0 spiro atoms. The molecule has 4 heterocycles. The van der Waals surface area contributed by atoms with Crippen LogP contribution in [0.2, 0.25) is 0 Å². The summed E-state index contributed by atoms with van der Waals surface area (Å²) < 4.78 is 5.38. The zero-order valence-corrected chi connectivity index (χ0v) is 15.8. The summed E-state index contributed by atoms with van der Waals surface area (Å²) in [6.45, 7) is 3.39. The number of carbonyl (C=O) groups is 1. The Morgan fingerprint density at radius 2 is 1.86 bits per heavy atom. The Kier molecular flexibility index (Phi) is 5.77. The predicted octanol–water partition coefficient (Wildman–Crippen LogP) is 3.38. The summed E-state index contributed by atoms with van der Waals surface area (Å²) in [5, 5.41) is 0. The summed E-state index contributed by atoms with van der Waals surface area (Å²) in [6, 6.07) is 11.7. The lowest BCUT2D eigenvalue weighted by Crippen LogP contribution is -2.46. The van der Waals surface area contributed by atoms with Gasteiger partial charge in [-0.2, -0.15) is 0 Å². The summed E-state index contributed by atoms with van der Waals surface area (Å²) in [6.07, 6.45) is 10.7. The van der Waals surface area contributed by atoms with Crippen LogP contribution < -0.4 is 0 Å². The second-order valence-corrected chi connectivity index (χ2v) is 7.13. The maximum atomic E-state index is 13.1. The molecule has 0 atom stereocenters. The van der Waals surface area contributed by atoms with Crippen LogP contribution in [-0.4, -0.2) is 44.8 Å². The van der Waals surface area contributed by atoms with Crippen molar-refractivity contribution in [3.05, 3.63) is 84.3 Å². The fourth-order valence-corrected chi connectivity index (χ4v) is 3.73. The zero-order valence-electron chi connectivity index (χ0n) is 15.8. The minimum absolute atomic E-state index is 0.0542. The largest absolute Gasteiger partial charge is 0.459 e. The average Bonchev–Trinajstić information content (AvgIpc) is 3.29. The monoisotopic (exact) mass is 376 g/mol. The summed E-state index contributed by atoms with van der Waals surface area (Å²) in [4.78, 5) is 25.7. The van der Waals surface area contributed by atoms with Crippen molar-refractivity contribution in [2.24, 2.45) is 0 Å². The third kappa shape index (κ3) is 4.46. The molecule has 0 aromatic carbocycles. The number of hydrogen-bond donors (Lipinski definition) is 0. The van der Waals surface area contributed by atoms with E-state index in [9.17, 15) is 4.79 Å². The number of likely N-dealkylation sites (tertiary alicyclic amines) is 1. The van der Waals surface area contributed by atoms with Gasteiger partial charge in [-0.05, 0) is 54.3 Å². The highest BCUT2D eigenvalue weighted by atomic mass is 16.3. The molecule has 0 saturated carbocycles. The van der Waals surface area contributed by atoms with Crippen molar-refractivity contribution in [1.29, 1.82) is 0 Å². The number of nitrogens with zero attached hydrogens (tertiary/aromatic N) is 4. The number of amides is 1. The lowest BCUT2D eigenvalue weighted by atomic mass is 10.0. The molecule has 1 aliphatic heterocycles. The number of carbonyl (C=O) groups excluding carboxylic acids is 1. The van der Waals surface area contributed by atoms with Gasteiger partial charge >= 0.3 is 0 Å². The molecule has 3 aromatic rings. The molecule has 0 unspecified atom stereocenters. The Labute approximate surface area is 164 Å². The standard InChI is InChI=1S/C22H24N4O2/c27-22(21-4-2-14-28-21)26(17-19-3-1-9-24-15-19)20-7-12-25(13-8-20)16-18-5-10-23-11-6-18/h1-6,9-11,14-15,20H,7-8,12-13,16-17H2. The van der Waals surface area contributed by atoms with E-state index < -0.39 is 0 Å². The van der Waals surface area contributed by atoms with E-state index in [1.165, 1.54) is 5.56 Å². The van der Waals surface area contributed by atoms with Gasteiger partial charge in [0.05, 0.1) is 6.26 Å². The second-order valence-electron chi connectivity index (χ2n) is 7.13. The lowest BCUT2D eigenvalue weighted by molar-refractivity contribution is 0.0512. The maximum Gasteiger partial charge on any atom is 0.290 e. The number of rotatable bonds is 6. The van der Waals surface area contributed by atoms with E-state index in [4.69, 9.17) is 4.42 Å². The Morgan fingerprint density at radius 1 is 1.04 bits per heavy atom. The number of hydrogen-bond acceptors (Lipinski definition) is 5. The van der Waals surface area contributed by atoms with Crippen molar-refractivity contribution in [2.75, 3.05) is 13.1 Å². The van der Waals surface area contributed by atoms with Crippen molar-refractivity contribution >= 4 is 5.91 Å². The molecule has 0 radical (unpaired) electrons. The van der Waals surface area contributed by atoms with Gasteiger partial charge in [-0.15, -0.1) is 0 Å². The minimum Gasteiger partial charge on any atom is -0.459 e. The molecule has 1 fully saturated rings. The van der Waals surface area contributed by atoms with Crippen LogP contribution in [0.25, 0.3) is 0 Å². The Balaban J connectivity index is 1.44. The van der Waals surface area contributed by atoms with Crippen LogP contribution in [0.15, 0.2) is 71.9 Å². The Morgan fingerprint density at radius 3 is 2.54 bits per heavy atom. The lowest BCUT2D eigenvalue weighted by Gasteiger charge is -2.38. The van der Waals surface area contributed by atoms with E-state index in [2.05, 4.69) is 27.0 Å². The van der Waals surface area contributed by atoms with E-state index in [0.29, 0.717) is 12.3 Å². The molecular formula is C22H24N4O2. The average molecular weight is 376 g/mol. The van der Waals surface area contributed by atoms with Crippen LogP contribution in [0, 0.1) is 0 Å². The van der Waals surface area contributed by atoms with Crippen molar-refractivity contribution in [2.45, 2.75) is 32.0 Å². The van der Waals surface area contributed by atoms with Crippen LogP contribution in [0.5, 0.6) is 0 Å². The van der Waals surface area contributed by atoms with Crippen molar-refractivity contribution in [3.8, 4) is 0 Å². The highest BCUT2D eigenvalue weighted by Crippen LogP contribution is 2.22. The van der Waals surface area contributed by atoms with Gasteiger partial charge in [0.1, 0.15) is 0 Å². The molecule has 1 aliphatic rings. The van der Waals surface area contributed by atoms with Gasteiger partial charge in [-0.25, -0.2) is 0 Å². The summed E-state index contributed by atoms with van der Waals surface area (Å²) in [7, 11) is 0. The van der Waals surface area contributed by atoms with Crippen molar-refractivity contribution in [1.82, 2.24) is 19.8 Å². The van der Waals surface area contributed by atoms with Crippen LogP contribution >= 0.6 is 0 Å². The number of pyridine rings is 2. The highest BCUT2D eigenvalue weighted by Gasteiger charge is 2.30. The van der Waals surface area contributed by atoms with Crippen molar-refractivity contribution < 1.29 is 9.21 Å². The van der Waals surface area contributed by atoms with Gasteiger partial charge < -0.3 is 9.32 Å². The van der Waals surface area contributed by atoms with Crippen LogP contribution in [0.3, 0.4) is 0 Å². The molecule has 0 N–H and O–H groups in total. The molecule has 28 heavy (non-hydrogen) atoms. The summed E-state index contributed by atoms with van der Waals surface area (Å²) in [5.74, 6) is 0.338. The first-order valence-corrected chi connectivity index (χ1v) is 9.64. The molecule has 0 aliphatic carbocycles. The van der Waals surface area contributed by atoms with Gasteiger partial charge in [-0.1, -0.05) is 6.07 Å². The summed E-state index contributed by atoms with van der Waals surface area (Å²) >= 11 is 0. The zero-order chi connectivity index (χ0) is 19.2. The first-order valence-electron chi connectivity index (χ1n) is 9.64. The van der Waals surface area contributed by atoms with E-state index in [1.807, 2.05) is 35.6 Å². The SMILES string of the molecule is O=C(c1ccco1)N(Cc1cccnc1)C1CCN(Cc2ccncc2)CC1. The molecule has 0 bridgehead atoms. The molecule has 6 heteroatoms. The molecule has 1 amide bonds. The maximum absolute atomic E-state index is 13.1. The molecular weight excluding hydrogens is 352 g/mol. The number of aromatic nitrogens is 2. The highest BCUT2D eigenvalue weighted by molar-refractivity contribution is 5.91. The van der Waals surface area contributed by atoms with Crippen molar-refractivity contribution in [3.63, 3.8) is 0 Å². The Bertz CT molecular complexity index is 860. The molecule has 144 valence electrons. The smallest absolute Gasteiger partial charge is 0.290 e. The topological polar surface area (TPSA) is 62.5 Å². The van der Waals surface area contributed by atoms with Crippen LogP contribution in [0.4, 0.5) is 0 Å². The minimum atomic E-state index is -0.0542. The summed E-state index contributed by atoms with van der Waals surface area (Å²) in [5.41, 5.74) is 2.30. The third-order valence-corrected chi connectivity index (χ3v) is 5.22. The predicted molar refractivity (Wildman–Crippen MR) is 105 cm³/mol. The number of furan rings is 1. The van der Waals surface area contributed by atoms with Crippen LogP contribution in [0.1, 0.15) is 34.5 Å². The fraction of sp³-hybridized carbons (Fsp3) is 0.318. The number of piperidine rings is 1. The van der Waals surface area contributed by atoms with Crippen LogP contribution in [-0.2, 0) is 13.1 Å². The van der Waals surface area contributed by atoms with Gasteiger partial charge in [0.2, 0.25) is 0 Å². The Hall–Kier alpha value is -2.99. The van der Waals surface area contributed by atoms with E-state index in [1.54, 1.807) is 24.6 Å². The first-order chi connectivity index (χ1) is 13.8. The van der Waals surface area contributed by atoms with E-state index >= 15 is 0 Å². The van der Waals surface area contributed by atoms with Gasteiger partial charge in [0, 0.05) is 57.0 Å². The molecule has 1 saturated heterocycles. The third-order valence-electron chi connectivity index (χ3n) is 5.22. The molecule has 4 rings (SSSR count). The van der Waals surface area contributed by atoms with Gasteiger partial charge in [-0.3, -0.25) is 19.7 Å². The normalized spacial score (nSPS) is 15.4. The first kappa shape index (κ1) is 18.4. The quantitative estimate of drug-likeness (QED) is 0.660. The van der Waals surface area contributed by atoms with E-state index in [0.717, 1.165) is 38.0 Å². The molecule has 3 aromatic heterocycles. The van der Waals surface area contributed by atoms with Gasteiger partial charge in [0.15, 0.2) is 5.76 Å². The molecule has 6 nitrogen and oxygen atoms in total. The second kappa shape index (κ2) is 8.80. The van der Waals surface area contributed by atoms with E-state index in [-0.39, 0.29) is 11.9 Å².